The summed E-state index contributed by atoms with van der Waals surface area (Å²) in [5.41, 5.74) is 0.851. The Hall–Kier alpha value is 0.491. The lowest BCUT2D eigenvalue weighted by Gasteiger charge is -2.38. The molecule has 0 spiro atoms. The van der Waals surface area contributed by atoms with Gasteiger partial charge < -0.3 is 17.4 Å². The van der Waals surface area contributed by atoms with Crippen molar-refractivity contribution < 1.29 is 17.4 Å². The van der Waals surface area contributed by atoms with Gasteiger partial charge in [0.2, 0.25) is 0 Å². The fraction of sp³-hybridized carbons (Fsp3) is 1.00. The molecule has 7 heteroatoms. The maximum atomic E-state index is 6.87. The van der Waals surface area contributed by atoms with Gasteiger partial charge in [-0.1, -0.05) is 71.1 Å². The lowest BCUT2D eigenvalue weighted by molar-refractivity contribution is 0.0748. The summed E-state index contributed by atoms with van der Waals surface area (Å²) in [5, 5.41) is 0. The highest BCUT2D eigenvalue weighted by atomic mass is 28.5. The van der Waals surface area contributed by atoms with Crippen LogP contribution >= 0.6 is 0 Å². The molecule has 0 aromatic rings. The van der Waals surface area contributed by atoms with Crippen LogP contribution in [0.2, 0.25) is 37.9 Å². The van der Waals surface area contributed by atoms with Gasteiger partial charge in [0.1, 0.15) is 0 Å². The van der Waals surface area contributed by atoms with Gasteiger partial charge in [0.05, 0.1) is 0 Å². The summed E-state index contributed by atoms with van der Waals surface area (Å²) in [6.07, 6.45) is 13.9. The molecule has 0 fully saturated rings. The first kappa shape index (κ1) is 30.5. The first-order valence-corrected chi connectivity index (χ1v) is 20.9. The van der Waals surface area contributed by atoms with Gasteiger partial charge in [-0.2, -0.15) is 0 Å². The summed E-state index contributed by atoms with van der Waals surface area (Å²) in [7, 11) is -6.25. The largest absolute Gasteiger partial charge is 0.500 e. The molecule has 0 saturated heterocycles. The van der Waals surface area contributed by atoms with Crippen molar-refractivity contribution in [3.63, 3.8) is 0 Å². The van der Waals surface area contributed by atoms with Gasteiger partial charge in [-0.25, -0.2) is 0 Å². The molecule has 0 rings (SSSR count). The van der Waals surface area contributed by atoms with Crippen molar-refractivity contribution >= 4 is 25.4 Å². The van der Waals surface area contributed by atoms with Gasteiger partial charge in [0, 0.05) is 25.5 Å². The quantitative estimate of drug-likeness (QED) is 0.124. The highest BCUT2D eigenvalue weighted by molar-refractivity contribution is 6.91. The van der Waals surface area contributed by atoms with Gasteiger partial charge in [-0.05, 0) is 53.0 Å². The fourth-order valence-electron chi connectivity index (χ4n) is 4.33. The Morgan fingerprint density at radius 2 is 0.900 bits per heavy atom. The van der Waals surface area contributed by atoms with Crippen LogP contribution in [0.1, 0.15) is 91.9 Å². The minimum absolute atomic E-state index is 0.635. The van der Waals surface area contributed by atoms with Crippen LogP contribution in [0.15, 0.2) is 0 Å². The van der Waals surface area contributed by atoms with Gasteiger partial charge in [-0.15, -0.1) is 0 Å². The maximum Gasteiger partial charge on any atom is 0.500 e. The minimum Gasteiger partial charge on any atom is -0.455 e. The Morgan fingerprint density at radius 3 is 1.30 bits per heavy atom. The Morgan fingerprint density at radius 1 is 0.500 bits per heavy atom. The van der Waals surface area contributed by atoms with Crippen LogP contribution in [0.25, 0.3) is 0 Å². The van der Waals surface area contributed by atoms with Crippen LogP contribution in [0.5, 0.6) is 0 Å². The molecule has 0 aromatic carbocycles. The van der Waals surface area contributed by atoms with E-state index in [1.54, 1.807) is 0 Å². The molecule has 0 bridgehead atoms. The first-order valence-electron chi connectivity index (χ1n) is 12.8. The number of hydrogen-bond donors (Lipinski definition) is 0. The lowest BCUT2D eigenvalue weighted by atomic mass is 10.1. The molecule has 0 N–H and O–H groups in total. The predicted octanol–water partition coefficient (Wildman–Crippen LogP) is 7.92. The van der Waals surface area contributed by atoms with Crippen LogP contribution in [-0.2, 0) is 17.4 Å². The van der Waals surface area contributed by atoms with Crippen molar-refractivity contribution in [2.24, 2.45) is 0 Å². The van der Waals surface area contributed by atoms with Gasteiger partial charge in [0.15, 0.2) is 16.6 Å². The van der Waals surface area contributed by atoms with E-state index in [4.69, 9.17) is 17.4 Å². The molecule has 0 unspecified atom stereocenters. The molecule has 0 aliphatic carbocycles. The topological polar surface area (TPSA) is 36.9 Å². The van der Waals surface area contributed by atoms with Crippen molar-refractivity contribution in [1.29, 1.82) is 0 Å². The second kappa shape index (κ2) is 17.0. The number of rotatable bonds is 21. The van der Waals surface area contributed by atoms with E-state index in [2.05, 4.69) is 33.1 Å². The lowest BCUT2D eigenvalue weighted by Crippen LogP contribution is -2.55. The van der Waals surface area contributed by atoms with E-state index in [9.17, 15) is 0 Å². The fourth-order valence-corrected chi connectivity index (χ4v) is 19.7. The molecule has 0 radical (unpaired) electrons. The number of unbranched alkanes of at least 4 members (excludes halogenated alkanes) is 9. The van der Waals surface area contributed by atoms with Crippen molar-refractivity contribution in [2.45, 2.75) is 130 Å². The van der Waals surface area contributed by atoms with Crippen molar-refractivity contribution in [2.75, 3.05) is 19.8 Å². The molecule has 0 amide bonds. The van der Waals surface area contributed by atoms with E-state index in [0.717, 1.165) is 5.67 Å². The first-order chi connectivity index (χ1) is 14.2. The Balaban J connectivity index is 4.36. The molecule has 30 heavy (non-hydrogen) atoms. The second-order valence-electron chi connectivity index (χ2n) is 9.71. The number of hydrogen-bond acceptors (Lipinski definition) is 4. The zero-order valence-corrected chi connectivity index (χ0v) is 24.7. The van der Waals surface area contributed by atoms with E-state index in [1.165, 1.54) is 70.3 Å². The Kier molecular flexibility index (Phi) is 17.3. The van der Waals surface area contributed by atoms with Crippen LogP contribution in [0.4, 0.5) is 0 Å². The van der Waals surface area contributed by atoms with Gasteiger partial charge >= 0.3 is 8.80 Å². The average molecular weight is 479 g/mol. The summed E-state index contributed by atoms with van der Waals surface area (Å²) in [6.45, 7) is 19.7. The normalized spacial score (nSPS) is 13.2. The predicted molar refractivity (Wildman–Crippen MR) is 138 cm³/mol. The van der Waals surface area contributed by atoms with Crippen LogP contribution < -0.4 is 0 Å². The minimum atomic E-state index is -2.64. The van der Waals surface area contributed by atoms with E-state index in [1.807, 2.05) is 20.8 Å². The van der Waals surface area contributed by atoms with Crippen LogP contribution in [0, 0.1) is 0 Å². The second-order valence-corrected chi connectivity index (χ2v) is 21.7. The third-order valence-electron chi connectivity index (χ3n) is 5.42. The van der Waals surface area contributed by atoms with Crippen molar-refractivity contribution in [3.05, 3.63) is 0 Å². The molecule has 0 aliphatic heterocycles. The van der Waals surface area contributed by atoms with E-state index >= 15 is 0 Å². The highest BCUT2D eigenvalue weighted by Gasteiger charge is 2.48. The zero-order chi connectivity index (χ0) is 22.9. The summed E-state index contributed by atoms with van der Waals surface area (Å²) < 4.78 is 25.2. The molecule has 0 aliphatic rings. The third kappa shape index (κ3) is 15.3. The molecule has 0 saturated carbocycles. The van der Waals surface area contributed by atoms with Crippen molar-refractivity contribution in [3.8, 4) is 0 Å². The smallest absolute Gasteiger partial charge is 0.455 e. The van der Waals surface area contributed by atoms with E-state index < -0.39 is 25.4 Å². The molecular weight excluding hydrogens is 425 g/mol. The molecule has 0 heterocycles. The average Bonchev–Trinajstić information content (AvgIpc) is 2.62. The SMILES string of the molecule is CCCCCCCCCCCC[Si](C)(C)O[Si](C)(C)C[Si](OCC)(OCC)OCC. The standard InChI is InChI=1S/C23H54O4Si3/c1-9-13-14-15-16-17-18-19-20-21-22-28(5,6)27-29(7,8)23-30(24-10-2,25-11-3)26-12-4/h9-23H2,1-8H3. The summed E-state index contributed by atoms with van der Waals surface area (Å²) in [5.74, 6) is 0. The van der Waals surface area contributed by atoms with Gasteiger partial charge in [0.25, 0.3) is 0 Å². The summed E-state index contributed by atoms with van der Waals surface area (Å²) in [4.78, 5) is 0. The summed E-state index contributed by atoms with van der Waals surface area (Å²) >= 11 is 0. The van der Waals surface area contributed by atoms with Gasteiger partial charge in [-0.3, -0.25) is 0 Å². The van der Waals surface area contributed by atoms with E-state index in [-0.39, 0.29) is 0 Å². The van der Waals surface area contributed by atoms with E-state index in [0.29, 0.717) is 19.8 Å². The molecule has 4 nitrogen and oxygen atoms in total. The van der Waals surface area contributed by atoms with Crippen molar-refractivity contribution in [1.82, 2.24) is 0 Å². The summed E-state index contributed by atoms with van der Waals surface area (Å²) in [6, 6.07) is 1.26. The zero-order valence-electron chi connectivity index (χ0n) is 21.7. The maximum absolute atomic E-state index is 6.87. The third-order valence-corrected chi connectivity index (χ3v) is 18.7. The van der Waals surface area contributed by atoms with Crippen LogP contribution in [0.3, 0.4) is 0 Å². The molecule has 0 aromatic heterocycles. The van der Waals surface area contributed by atoms with Crippen LogP contribution in [-0.4, -0.2) is 45.3 Å². The highest BCUT2D eigenvalue weighted by Crippen LogP contribution is 2.29. The molecule has 182 valence electrons. The molecular formula is C23H54O4Si3. The monoisotopic (exact) mass is 478 g/mol. The molecule has 0 atom stereocenters. The Labute approximate surface area is 192 Å². The Bertz CT molecular complexity index is 389.